The molecule has 0 heterocycles. The predicted molar refractivity (Wildman–Crippen MR) is 72.9 cm³/mol. The second-order valence-corrected chi connectivity index (χ2v) is 4.60. The lowest BCUT2D eigenvalue weighted by atomic mass is 10.2. The van der Waals surface area contributed by atoms with Crippen LogP contribution in [0.15, 0.2) is 18.2 Å². The van der Waals surface area contributed by atoms with Crippen LogP contribution in [0, 0.1) is 0 Å². The average molecular weight is 328 g/mol. The Kier molecular flexibility index (Phi) is 12.9. The van der Waals surface area contributed by atoms with Crippen molar-refractivity contribution < 1.29 is 29.6 Å². The number of likely N-dealkylation sites (N-methyl/N-ethyl adjacent to an activating group) is 1. The van der Waals surface area contributed by atoms with Crippen LogP contribution >= 0.6 is 11.6 Å². The number of hydrogen-bond acceptors (Lipinski definition) is 3. The molecule has 0 radical (unpaired) electrons. The van der Waals surface area contributed by atoms with Gasteiger partial charge in [-0.05, 0) is 39.2 Å². The first kappa shape index (κ1) is 21.1. The van der Waals surface area contributed by atoms with Crippen LogP contribution in [-0.2, 0) is 6.54 Å². The van der Waals surface area contributed by atoms with Crippen LogP contribution in [0.25, 0.3) is 0 Å². The SMILES string of the molecule is CCOc1ccc(Cl)cc1CNCCN(C)C.[Cl-].[Cl-]. The first-order chi connectivity index (χ1) is 8.13. The fourth-order valence-electron chi connectivity index (χ4n) is 1.51. The molecular formula is C13H21Cl3N2O-2. The number of nitrogens with zero attached hydrogens (tertiary/aromatic N) is 1. The van der Waals surface area contributed by atoms with Gasteiger partial charge >= 0.3 is 0 Å². The van der Waals surface area contributed by atoms with Crippen molar-refractivity contribution >= 4 is 11.6 Å². The highest BCUT2D eigenvalue weighted by molar-refractivity contribution is 6.30. The molecule has 1 aromatic carbocycles. The van der Waals surface area contributed by atoms with Gasteiger partial charge in [-0.2, -0.15) is 0 Å². The minimum absolute atomic E-state index is 0. The molecule has 0 fully saturated rings. The minimum atomic E-state index is 0. The van der Waals surface area contributed by atoms with Crippen molar-refractivity contribution in [2.24, 2.45) is 0 Å². The Morgan fingerprint density at radius 2 is 1.95 bits per heavy atom. The van der Waals surface area contributed by atoms with E-state index in [9.17, 15) is 0 Å². The Morgan fingerprint density at radius 1 is 1.26 bits per heavy atom. The van der Waals surface area contributed by atoms with Gasteiger partial charge < -0.3 is 39.8 Å². The molecule has 0 aliphatic heterocycles. The van der Waals surface area contributed by atoms with E-state index >= 15 is 0 Å². The van der Waals surface area contributed by atoms with Gasteiger partial charge in [-0.25, -0.2) is 0 Å². The van der Waals surface area contributed by atoms with E-state index in [1.165, 1.54) is 0 Å². The molecule has 19 heavy (non-hydrogen) atoms. The fraction of sp³-hybridized carbons (Fsp3) is 0.538. The normalized spacial score (nSPS) is 9.74. The van der Waals surface area contributed by atoms with Gasteiger partial charge in [0.1, 0.15) is 5.75 Å². The fourth-order valence-corrected chi connectivity index (χ4v) is 1.70. The first-order valence-electron chi connectivity index (χ1n) is 5.90. The summed E-state index contributed by atoms with van der Waals surface area (Å²) in [5, 5.41) is 4.13. The number of nitrogens with one attached hydrogen (secondary N) is 1. The molecule has 3 nitrogen and oxygen atoms in total. The van der Waals surface area contributed by atoms with Gasteiger partial charge in [0.2, 0.25) is 0 Å². The minimum Gasteiger partial charge on any atom is -1.00 e. The van der Waals surface area contributed by atoms with Gasteiger partial charge in [-0.3, -0.25) is 0 Å². The summed E-state index contributed by atoms with van der Waals surface area (Å²) in [7, 11) is 4.12. The largest absolute Gasteiger partial charge is 1.00 e. The standard InChI is InChI=1S/C13H21ClN2O.2ClH/c1-4-17-13-6-5-12(14)9-11(13)10-15-7-8-16(2)3;;/h5-6,9,15H,4,7-8,10H2,1-3H3;2*1H/p-2. The number of benzene rings is 1. The summed E-state index contributed by atoms with van der Waals surface area (Å²) >= 11 is 5.99. The monoisotopic (exact) mass is 326 g/mol. The predicted octanol–water partition coefficient (Wildman–Crippen LogP) is -3.60. The molecule has 0 aromatic heterocycles. The van der Waals surface area contributed by atoms with E-state index < -0.39 is 0 Å². The van der Waals surface area contributed by atoms with E-state index in [0.29, 0.717) is 6.61 Å². The molecule has 112 valence electrons. The molecule has 0 amide bonds. The average Bonchev–Trinajstić information content (AvgIpc) is 2.28. The third-order valence-electron chi connectivity index (χ3n) is 2.37. The highest BCUT2D eigenvalue weighted by Crippen LogP contribution is 2.22. The van der Waals surface area contributed by atoms with Crippen LogP contribution in [-0.4, -0.2) is 38.7 Å². The lowest BCUT2D eigenvalue weighted by Crippen LogP contribution is -3.00. The van der Waals surface area contributed by atoms with Crippen LogP contribution in [0.3, 0.4) is 0 Å². The molecule has 0 aliphatic rings. The lowest BCUT2D eigenvalue weighted by molar-refractivity contribution is -0.001000. The molecule has 1 aromatic rings. The van der Waals surface area contributed by atoms with Crippen molar-refractivity contribution in [1.82, 2.24) is 10.2 Å². The smallest absolute Gasteiger partial charge is 0.123 e. The van der Waals surface area contributed by atoms with E-state index in [1.807, 2.05) is 25.1 Å². The summed E-state index contributed by atoms with van der Waals surface area (Å²) < 4.78 is 5.56. The maximum Gasteiger partial charge on any atom is 0.123 e. The summed E-state index contributed by atoms with van der Waals surface area (Å²) in [6.07, 6.45) is 0. The molecule has 1 N–H and O–H groups in total. The second kappa shape index (κ2) is 11.6. The number of rotatable bonds is 7. The molecule has 0 unspecified atom stereocenters. The van der Waals surface area contributed by atoms with E-state index in [-0.39, 0.29) is 24.8 Å². The van der Waals surface area contributed by atoms with Crippen molar-refractivity contribution in [2.45, 2.75) is 13.5 Å². The quantitative estimate of drug-likeness (QED) is 0.524. The summed E-state index contributed by atoms with van der Waals surface area (Å²) in [6.45, 7) is 5.41. The van der Waals surface area contributed by atoms with Crippen LogP contribution < -0.4 is 34.9 Å². The van der Waals surface area contributed by atoms with E-state index in [0.717, 1.165) is 36.0 Å². The molecule has 0 spiro atoms. The second-order valence-electron chi connectivity index (χ2n) is 4.17. The molecule has 1 rings (SSSR count). The van der Waals surface area contributed by atoms with Crippen LogP contribution in [0.2, 0.25) is 5.02 Å². The maximum absolute atomic E-state index is 5.99. The van der Waals surface area contributed by atoms with Crippen molar-refractivity contribution in [3.05, 3.63) is 28.8 Å². The number of halogens is 3. The number of ether oxygens (including phenoxy) is 1. The van der Waals surface area contributed by atoms with Gasteiger partial charge in [-0.15, -0.1) is 0 Å². The van der Waals surface area contributed by atoms with Crippen molar-refractivity contribution in [2.75, 3.05) is 33.8 Å². The van der Waals surface area contributed by atoms with Crippen molar-refractivity contribution in [1.29, 1.82) is 0 Å². The van der Waals surface area contributed by atoms with Gasteiger partial charge in [0.25, 0.3) is 0 Å². The van der Waals surface area contributed by atoms with E-state index in [4.69, 9.17) is 16.3 Å². The molecule has 0 saturated carbocycles. The van der Waals surface area contributed by atoms with Gasteiger partial charge in [0, 0.05) is 30.2 Å². The van der Waals surface area contributed by atoms with Crippen molar-refractivity contribution in [3.63, 3.8) is 0 Å². The van der Waals surface area contributed by atoms with E-state index in [2.05, 4.69) is 24.3 Å². The Morgan fingerprint density at radius 3 is 2.53 bits per heavy atom. The maximum atomic E-state index is 5.99. The third-order valence-corrected chi connectivity index (χ3v) is 2.61. The van der Waals surface area contributed by atoms with Gasteiger partial charge in [0.05, 0.1) is 6.61 Å². The highest BCUT2D eigenvalue weighted by atomic mass is 35.5. The van der Waals surface area contributed by atoms with Crippen LogP contribution in [0.1, 0.15) is 12.5 Å². The number of hydrogen-bond donors (Lipinski definition) is 1. The summed E-state index contributed by atoms with van der Waals surface area (Å²) in [4.78, 5) is 2.15. The zero-order chi connectivity index (χ0) is 12.7. The summed E-state index contributed by atoms with van der Waals surface area (Å²) in [5.41, 5.74) is 1.11. The molecule has 0 atom stereocenters. The Bertz CT molecular complexity index is 349. The summed E-state index contributed by atoms with van der Waals surface area (Å²) in [6, 6.07) is 5.74. The summed E-state index contributed by atoms with van der Waals surface area (Å²) in [5.74, 6) is 0.911. The zero-order valence-electron chi connectivity index (χ0n) is 11.5. The van der Waals surface area contributed by atoms with E-state index in [1.54, 1.807) is 0 Å². The van der Waals surface area contributed by atoms with Crippen LogP contribution in [0.4, 0.5) is 0 Å². The van der Waals surface area contributed by atoms with Gasteiger partial charge in [0.15, 0.2) is 0 Å². The zero-order valence-corrected chi connectivity index (χ0v) is 13.8. The molecule has 0 bridgehead atoms. The molecule has 6 heteroatoms. The molecular weight excluding hydrogens is 307 g/mol. The first-order valence-corrected chi connectivity index (χ1v) is 6.28. The Balaban J connectivity index is 0. The molecule has 0 saturated heterocycles. The topological polar surface area (TPSA) is 24.5 Å². The van der Waals surface area contributed by atoms with Gasteiger partial charge in [-0.1, -0.05) is 11.6 Å². The van der Waals surface area contributed by atoms with Crippen molar-refractivity contribution in [3.8, 4) is 5.75 Å². The molecule has 0 aliphatic carbocycles. The Hall–Kier alpha value is -0.190. The third kappa shape index (κ3) is 8.56. The lowest BCUT2D eigenvalue weighted by Gasteiger charge is -2.13. The highest BCUT2D eigenvalue weighted by Gasteiger charge is 2.04. The Labute approximate surface area is 133 Å². The van der Waals surface area contributed by atoms with Crippen LogP contribution in [0.5, 0.6) is 5.75 Å².